The molecule has 2 rings (SSSR count). The molecule has 0 saturated heterocycles. The predicted molar refractivity (Wildman–Crippen MR) is 82.7 cm³/mol. The van der Waals surface area contributed by atoms with Crippen LogP contribution in [-0.4, -0.2) is 22.2 Å². The number of carboxylic acid groups (broad SMARTS) is 2. The van der Waals surface area contributed by atoms with Crippen LogP contribution >= 0.6 is 0 Å². The standard InChI is InChI=1S/C18H18O4/c19-17(20)12-16(18(21)22)15(14-9-5-2-6-10-14)11-13-7-3-1-4-8-13/h1-10,15-16H,11-12H2,(H,19,20)(H,21,22)/t15-,16-/m1/s1. The van der Waals surface area contributed by atoms with E-state index in [2.05, 4.69) is 0 Å². The van der Waals surface area contributed by atoms with Crippen molar-refractivity contribution in [3.63, 3.8) is 0 Å². The molecule has 22 heavy (non-hydrogen) atoms. The summed E-state index contributed by atoms with van der Waals surface area (Å²) in [7, 11) is 0. The Bertz CT molecular complexity index is 622. The van der Waals surface area contributed by atoms with Gasteiger partial charge in [0.15, 0.2) is 0 Å². The third kappa shape index (κ3) is 4.19. The second-order valence-electron chi connectivity index (χ2n) is 5.25. The van der Waals surface area contributed by atoms with Gasteiger partial charge in [-0.05, 0) is 17.5 Å². The van der Waals surface area contributed by atoms with Gasteiger partial charge in [-0.25, -0.2) is 0 Å². The molecule has 0 aliphatic rings. The summed E-state index contributed by atoms with van der Waals surface area (Å²) in [6.07, 6.45) is 0.108. The minimum atomic E-state index is -1.10. The van der Waals surface area contributed by atoms with Crippen LogP contribution in [0.15, 0.2) is 60.7 Å². The average Bonchev–Trinajstić information content (AvgIpc) is 2.52. The SMILES string of the molecule is O=C(O)C[C@@H](C(=O)O)[C@H](Cc1ccccc1)c1ccccc1. The van der Waals surface area contributed by atoms with Crippen LogP contribution in [0.1, 0.15) is 23.5 Å². The zero-order chi connectivity index (χ0) is 15.9. The van der Waals surface area contributed by atoms with Gasteiger partial charge in [0.25, 0.3) is 0 Å². The van der Waals surface area contributed by atoms with Gasteiger partial charge in [0.05, 0.1) is 12.3 Å². The van der Waals surface area contributed by atoms with Gasteiger partial charge >= 0.3 is 11.9 Å². The van der Waals surface area contributed by atoms with Gasteiger partial charge in [-0.15, -0.1) is 0 Å². The van der Waals surface area contributed by atoms with E-state index in [-0.39, 0.29) is 12.3 Å². The molecule has 2 aromatic carbocycles. The lowest BCUT2D eigenvalue weighted by molar-refractivity contribution is -0.149. The molecule has 0 aliphatic heterocycles. The number of hydrogen-bond donors (Lipinski definition) is 2. The van der Waals surface area contributed by atoms with E-state index in [0.29, 0.717) is 6.42 Å². The minimum Gasteiger partial charge on any atom is -0.481 e. The van der Waals surface area contributed by atoms with Crippen LogP contribution in [0.4, 0.5) is 0 Å². The largest absolute Gasteiger partial charge is 0.481 e. The predicted octanol–water partition coefficient (Wildman–Crippen LogP) is 3.19. The fourth-order valence-corrected chi connectivity index (χ4v) is 2.65. The molecule has 0 aliphatic carbocycles. The van der Waals surface area contributed by atoms with Crippen molar-refractivity contribution in [3.05, 3.63) is 71.8 Å². The number of aliphatic carboxylic acids is 2. The van der Waals surface area contributed by atoms with Crippen molar-refractivity contribution in [2.45, 2.75) is 18.8 Å². The topological polar surface area (TPSA) is 74.6 Å². The highest BCUT2D eigenvalue weighted by Gasteiger charge is 2.31. The summed E-state index contributed by atoms with van der Waals surface area (Å²) in [6.45, 7) is 0. The molecule has 2 atom stereocenters. The van der Waals surface area contributed by atoms with E-state index in [4.69, 9.17) is 5.11 Å². The van der Waals surface area contributed by atoms with Crippen LogP contribution in [0.25, 0.3) is 0 Å². The van der Waals surface area contributed by atoms with E-state index in [1.165, 1.54) is 0 Å². The summed E-state index contributed by atoms with van der Waals surface area (Å²) in [4.78, 5) is 22.6. The second kappa shape index (κ2) is 7.41. The van der Waals surface area contributed by atoms with E-state index < -0.39 is 17.9 Å². The molecular formula is C18H18O4. The second-order valence-corrected chi connectivity index (χ2v) is 5.25. The molecule has 0 spiro atoms. The first kappa shape index (κ1) is 15.8. The molecule has 0 heterocycles. The molecule has 0 radical (unpaired) electrons. The van der Waals surface area contributed by atoms with Gasteiger partial charge in [0, 0.05) is 5.92 Å². The van der Waals surface area contributed by atoms with Gasteiger partial charge in [-0.2, -0.15) is 0 Å². The van der Waals surface area contributed by atoms with E-state index in [1.54, 1.807) is 0 Å². The normalized spacial score (nSPS) is 13.3. The molecule has 0 bridgehead atoms. The monoisotopic (exact) mass is 298 g/mol. The Morgan fingerprint density at radius 1 is 0.864 bits per heavy atom. The first-order valence-electron chi connectivity index (χ1n) is 7.11. The molecule has 0 amide bonds. The lowest BCUT2D eigenvalue weighted by Gasteiger charge is -2.23. The van der Waals surface area contributed by atoms with Crippen molar-refractivity contribution < 1.29 is 19.8 Å². The van der Waals surface area contributed by atoms with Gasteiger partial charge in [0.2, 0.25) is 0 Å². The number of hydrogen-bond acceptors (Lipinski definition) is 2. The molecule has 0 fully saturated rings. The van der Waals surface area contributed by atoms with Gasteiger partial charge < -0.3 is 10.2 Å². The van der Waals surface area contributed by atoms with Crippen molar-refractivity contribution in [3.8, 4) is 0 Å². The zero-order valence-corrected chi connectivity index (χ0v) is 12.1. The van der Waals surface area contributed by atoms with E-state index in [0.717, 1.165) is 11.1 Å². The highest BCUT2D eigenvalue weighted by Crippen LogP contribution is 2.31. The van der Waals surface area contributed by atoms with Crippen molar-refractivity contribution in [1.29, 1.82) is 0 Å². The van der Waals surface area contributed by atoms with Crippen molar-refractivity contribution in [2.75, 3.05) is 0 Å². The first-order valence-corrected chi connectivity index (χ1v) is 7.11. The van der Waals surface area contributed by atoms with Crippen LogP contribution in [0.2, 0.25) is 0 Å². The molecule has 2 aromatic rings. The number of carbonyl (C=O) groups is 2. The molecule has 4 heteroatoms. The summed E-state index contributed by atoms with van der Waals surface area (Å²) >= 11 is 0. The highest BCUT2D eigenvalue weighted by atomic mass is 16.4. The zero-order valence-electron chi connectivity index (χ0n) is 12.1. The van der Waals surface area contributed by atoms with Crippen LogP contribution in [0.5, 0.6) is 0 Å². The summed E-state index contributed by atoms with van der Waals surface area (Å²) in [5, 5.41) is 18.5. The first-order chi connectivity index (χ1) is 10.6. The van der Waals surface area contributed by atoms with Gasteiger partial charge in [-0.3, -0.25) is 9.59 Å². The minimum absolute atomic E-state index is 0.378. The lowest BCUT2D eigenvalue weighted by Crippen LogP contribution is -2.26. The maximum absolute atomic E-state index is 11.6. The Balaban J connectivity index is 2.35. The van der Waals surface area contributed by atoms with Crippen LogP contribution in [0, 0.1) is 5.92 Å². The van der Waals surface area contributed by atoms with Crippen molar-refractivity contribution >= 4 is 11.9 Å². The van der Waals surface area contributed by atoms with E-state index >= 15 is 0 Å². The lowest BCUT2D eigenvalue weighted by atomic mass is 9.80. The average molecular weight is 298 g/mol. The van der Waals surface area contributed by atoms with Crippen LogP contribution in [-0.2, 0) is 16.0 Å². The third-order valence-electron chi connectivity index (χ3n) is 3.72. The van der Waals surface area contributed by atoms with Gasteiger partial charge in [0.1, 0.15) is 0 Å². The van der Waals surface area contributed by atoms with E-state index in [1.807, 2.05) is 60.7 Å². The number of benzene rings is 2. The molecule has 0 aromatic heterocycles. The number of rotatable bonds is 7. The fraction of sp³-hybridized carbons (Fsp3) is 0.222. The van der Waals surface area contributed by atoms with Crippen LogP contribution < -0.4 is 0 Å². The molecule has 4 nitrogen and oxygen atoms in total. The molecule has 0 saturated carbocycles. The Morgan fingerprint density at radius 2 is 1.41 bits per heavy atom. The molecule has 2 N–H and O–H groups in total. The maximum Gasteiger partial charge on any atom is 0.307 e. The third-order valence-corrected chi connectivity index (χ3v) is 3.72. The summed E-state index contributed by atoms with van der Waals surface area (Å²) in [5.41, 5.74) is 1.84. The molecule has 0 unspecified atom stereocenters. The van der Waals surface area contributed by atoms with Crippen molar-refractivity contribution in [1.82, 2.24) is 0 Å². The van der Waals surface area contributed by atoms with Crippen LogP contribution in [0.3, 0.4) is 0 Å². The molecular weight excluding hydrogens is 280 g/mol. The summed E-state index contributed by atoms with van der Waals surface area (Å²) in [6, 6.07) is 18.8. The highest BCUT2D eigenvalue weighted by molar-refractivity contribution is 5.78. The Labute approximate surface area is 129 Å². The Morgan fingerprint density at radius 3 is 1.91 bits per heavy atom. The fourth-order valence-electron chi connectivity index (χ4n) is 2.65. The summed E-state index contributed by atoms with van der Waals surface area (Å²) < 4.78 is 0. The molecule has 114 valence electrons. The Kier molecular flexibility index (Phi) is 5.31. The maximum atomic E-state index is 11.6. The Hall–Kier alpha value is -2.62. The number of carboxylic acids is 2. The quantitative estimate of drug-likeness (QED) is 0.823. The smallest absolute Gasteiger partial charge is 0.307 e. The van der Waals surface area contributed by atoms with Crippen molar-refractivity contribution in [2.24, 2.45) is 5.92 Å². The van der Waals surface area contributed by atoms with Gasteiger partial charge in [-0.1, -0.05) is 60.7 Å². The van der Waals surface area contributed by atoms with E-state index in [9.17, 15) is 14.7 Å². The summed E-state index contributed by atoms with van der Waals surface area (Å²) in [5.74, 6) is -3.51.